The van der Waals surface area contributed by atoms with Crippen molar-refractivity contribution in [2.75, 3.05) is 6.54 Å². The van der Waals surface area contributed by atoms with E-state index in [1.54, 1.807) is 28.6 Å². The molecule has 0 saturated carbocycles. The van der Waals surface area contributed by atoms with Crippen LogP contribution in [0.4, 0.5) is 0 Å². The van der Waals surface area contributed by atoms with Crippen LogP contribution in [0.1, 0.15) is 45.2 Å². The van der Waals surface area contributed by atoms with Gasteiger partial charge in [0.15, 0.2) is 0 Å². The predicted octanol–water partition coefficient (Wildman–Crippen LogP) is 2.27. The van der Waals surface area contributed by atoms with E-state index >= 15 is 0 Å². The van der Waals surface area contributed by atoms with Gasteiger partial charge >= 0.3 is 0 Å². The lowest BCUT2D eigenvalue weighted by molar-refractivity contribution is 0.291. The first kappa shape index (κ1) is 14.5. The minimum Gasteiger partial charge on any atom is -0.324 e. The van der Waals surface area contributed by atoms with Crippen molar-refractivity contribution in [2.45, 2.75) is 50.1 Å². The van der Waals surface area contributed by atoms with Crippen LogP contribution in [0.3, 0.4) is 0 Å². The Bertz CT molecular complexity index is 547. The van der Waals surface area contributed by atoms with Crippen LogP contribution in [0.15, 0.2) is 29.2 Å². The van der Waals surface area contributed by atoms with Gasteiger partial charge in [-0.25, -0.2) is 8.42 Å². The molecule has 2 rings (SSSR count). The molecule has 0 aromatic heterocycles. The topological polar surface area (TPSA) is 63.4 Å². The number of hydrogen-bond donors (Lipinski definition) is 1. The molecule has 1 unspecified atom stereocenters. The van der Waals surface area contributed by atoms with Gasteiger partial charge in [-0.3, -0.25) is 0 Å². The standard InChI is InChI=1S/C14H22N2O2S/c1-11(15)12-5-7-13(8-6-12)19(17,18)16-10-4-9-14(16,2)3/h5-8,11H,4,9-10,15H2,1-3H3. The second-order valence-electron chi connectivity index (χ2n) is 5.85. The van der Waals surface area contributed by atoms with E-state index in [1.807, 2.05) is 20.8 Å². The van der Waals surface area contributed by atoms with Crippen LogP contribution >= 0.6 is 0 Å². The SMILES string of the molecule is CC(N)c1ccc(S(=O)(=O)N2CCCC2(C)C)cc1. The summed E-state index contributed by atoms with van der Waals surface area (Å²) >= 11 is 0. The third kappa shape index (κ3) is 2.68. The largest absolute Gasteiger partial charge is 0.324 e. The lowest BCUT2D eigenvalue weighted by Crippen LogP contribution is -2.42. The molecule has 0 amide bonds. The summed E-state index contributed by atoms with van der Waals surface area (Å²) in [6, 6.07) is 6.81. The summed E-state index contributed by atoms with van der Waals surface area (Å²) in [4.78, 5) is 0.354. The summed E-state index contributed by atoms with van der Waals surface area (Å²) in [7, 11) is -3.40. The molecule has 1 atom stereocenters. The number of sulfonamides is 1. The van der Waals surface area contributed by atoms with Gasteiger partial charge < -0.3 is 5.73 Å². The molecule has 19 heavy (non-hydrogen) atoms. The van der Waals surface area contributed by atoms with Gasteiger partial charge in [0.1, 0.15) is 0 Å². The number of hydrogen-bond acceptors (Lipinski definition) is 3. The summed E-state index contributed by atoms with van der Waals surface area (Å²) < 4.78 is 26.9. The van der Waals surface area contributed by atoms with Crippen molar-refractivity contribution in [3.8, 4) is 0 Å². The van der Waals surface area contributed by atoms with Gasteiger partial charge in [-0.05, 0) is 51.3 Å². The quantitative estimate of drug-likeness (QED) is 0.925. The van der Waals surface area contributed by atoms with Crippen LogP contribution in [0.2, 0.25) is 0 Å². The Labute approximate surface area is 115 Å². The van der Waals surface area contributed by atoms with Gasteiger partial charge in [0.25, 0.3) is 0 Å². The highest BCUT2D eigenvalue weighted by Gasteiger charge is 2.40. The van der Waals surface area contributed by atoms with E-state index in [9.17, 15) is 8.42 Å². The fourth-order valence-electron chi connectivity index (χ4n) is 2.60. The molecule has 0 spiro atoms. The first-order chi connectivity index (χ1) is 8.75. The van der Waals surface area contributed by atoms with Crippen molar-refractivity contribution in [3.05, 3.63) is 29.8 Å². The van der Waals surface area contributed by atoms with Crippen LogP contribution in [-0.2, 0) is 10.0 Å². The van der Waals surface area contributed by atoms with Crippen molar-refractivity contribution < 1.29 is 8.42 Å². The van der Waals surface area contributed by atoms with E-state index in [1.165, 1.54) is 0 Å². The maximum absolute atomic E-state index is 12.6. The first-order valence-electron chi connectivity index (χ1n) is 6.63. The molecular weight excluding hydrogens is 260 g/mol. The average molecular weight is 282 g/mol. The summed E-state index contributed by atoms with van der Waals surface area (Å²) in [6.07, 6.45) is 1.83. The van der Waals surface area contributed by atoms with E-state index in [-0.39, 0.29) is 11.6 Å². The Morgan fingerprint density at radius 3 is 2.26 bits per heavy atom. The summed E-state index contributed by atoms with van der Waals surface area (Å²) in [6.45, 7) is 6.44. The number of benzene rings is 1. The van der Waals surface area contributed by atoms with Crippen molar-refractivity contribution in [3.63, 3.8) is 0 Å². The zero-order valence-electron chi connectivity index (χ0n) is 11.8. The van der Waals surface area contributed by atoms with E-state index in [4.69, 9.17) is 5.73 Å². The molecule has 0 aliphatic carbocycles. The van der Waals surface area contributed by atoms with Crippen LogP contribution < -0.4 is 5.73 Å². The molecule has 5 heteroatoms. The lowest BCUT2D eigenvalue weighted by Gasteiger charge is -2.30. The molecule has 1 heterocycles. The third-order valence-corrected chi connectivity index (χ3v) is 5.94. The van der Waals surface area contributed by atoms with E-state index < -0.39 is 10.0 Å². The first-order valence-corrected chi connectivity index (χ1v) is 8.07. The molecule has 1 aromatic carbocycles. The second-order valence-corrected chi connectivity index (χ2v) is 7.71. The summed E-state index contributed by atoms with van der Waals surface area (Å²) in [5.41, 5.74) is 6.43. The smallest absolute Gasteiger partial charge is 0.243 e. The van der Waals surface area contributed by atoms with Crippen LogP contribution in [0.5, 0.6) is 0 Å². The minimum absolute atomic E-state index is 0.0834. The van der Waals surface area contributed by atoms with Crippen LogP contribution in [0, 0.1) is 0 Å². The second kappa shape index (κ2) is 4.89. The highest BCUT2D eigenvalue weighted by Crippen LogP contribution is 2.34. The maximum atomic E-state index is 12.6. The van der Waals surface area contributed by atoms with Crippen molar-refractivity contribution in [1.29, 1.82) is 0 Å². The zero-order chi connectivity index (χ0) is 14.3. The minimum atomic E-state index is -3.40. The molecule has 2 N–H and O–H groups in total. The fraction of sp³-hybridized carbons (Fsp3) is 0.571. The van der Waals surface area contributed by atoms with E-state index in [0.29, 0.717) is 11.4 Å². The van der Waals surface area contributed by atoms with E-state index in [0.717, 1.165) is 18.4 Å². The molecule has 0 bridgehead atoms. The Kier molecular flexibility index (Phi) is 3.73. The maximum Gasteiger partial charge on any atom is 0.243 e. The molecule has 1 aliphatic heterocycles. The summed E-state index contributed by atoms with van der Waals surface area (Å²) in [5.74, 6) is 0. The predicted molar refractivity (Wildman–Crippen MR) is 76.2 cm³/mol. The van der Waals surface area contributed by atoms with E-state index in [2.05, 4.69) is 0 Å². The number of rotatable bonds is 3. The van der Waals surface area contributed by atoms with Gasteiger partial charge in [0, 0.05) is 18.1 Å². The Morgan fingerprint density at radius 1 is 1.26 bits per heavy atom. The third-order valence-electron chi connectivity index (χ3n) is 3.82. The van der Waals surface area contributed by atoms with Crippen molar-refractivity contribution >= 4 is 10.0 Å². The molecular formula is C14H22N2O2S. The normalized spacial score (nSPS) is 21.5. The van der Waals surface area contributed by atoms with Gasteiger partial charge in [-0.15, -0.1) is 0 Å². The highest BCUT2D eigenvalue weighted by molar-refractivity contribution is 7.89. The van der Waals surface area contributed by atoms with Crippen molar-refractivity contribution in [1.82, 2.24) is 4.31 Å². The van der Waals surface area contributed by atoms with Crippen LogP contribution in [-0.4, -0.2) is 24.8 Å². The zero-order valence-corrected chi connectivity index (χ0v) is 12.6. The number of nitrogens with two attached hydrogens (primary N) is 1. The van der Waals surface area contributed by atoms with Gasteiger partial charge in [0.05, 0.1) is 4.90 Å². The average Bonchev–Trinajstić information content (AvgIpc) is 2.69. The van der Waals surface area contributed by atoms with Gasteiger partial charge in [-0.2, -0.15) is 4.31 Å². The lowest BCUT2D eigenvalue weighted by atomic mass is 10.0. The summed E-state index contributed by atoms with van der Waals surface area (Å²) in [5, 5.41) is 0. The monoisotopic (exact) mass is 282 g/mol. The number of nitrogens with zero attached hydrogens (tertiary/aromatic N) is 1. The van der Waals surface area contributed by atoms with Gasteiger partial charge in [0.2, 0.25) is 10.0 Å². The molecule has 106 valence electrons. The fourth-order valence-corrected chi connectivity index (χ4v) is 4.44. The van der Waals surface area contributed by atoms with Gasteiger partial charge in [-0.1, -0.05) is 12.1 Å². The highest BCUT2D eigenvalue weighted by atomic mass is 32.2. The Balaban J connectivity index is 2.35. The molecule has 1 aromatic rings. The molecule has 1 saturated heterocycles. The molecule has 1 aliphatic rings. The van der Waals surface area contributed by atoms with Crippen LogP contribution in [0.25, 0.3) is 0 Å². The molecule has 0 radical (unpaired) electrons. The molecule has 4 nitrogen and oxygen atoms in total. The Morgan fingerprint density at radius 2 is 1.84 bits per heavy atom. The van der Waals surface area contributed by atoms with Crippen molar-refractivity contribution in [2.24, 2.45) is 5.73 Å². The Hall–Kier alpha value is -0.910. The molecule has 1 fully saturated rings.